The van der Waals surface area contributed by atoms with Crippen LogP contribution in [0.2, 0.25) is 5.02 Å². The maximum atomic E-state index is 11.8. The van der Waals surface area contributed by atoms with Gasteiger partial charge in [0.2, 0.25) is 5.91 Å². The van der Waals surface area contributed by atoms with Crippen LogP contribution in [0.3, 0.4) is 0 Å². The van der Waals surface area contributed by atoms with E-state index in [1.165, 1.54) is 0 Å². The van der Waals surface area contributed by atoms with Crippen LogP contribution < -0.4 is 5.32 Å². The highest BCUT2D eigenvalue weighted by Gasteiger charge is 2.12. The fourth-order valence-corrected chi connectivity index (χ4v) is 3.46. The first-order valence-electron chi connectivity index (χ1n) is 8.19. The third-order valence-electron chi connectivity index (χ3n) is 3.98. The summed E-state index contributed by atoms with van der Waals surface area (Å²) < 4.78 is 0. The molecule has 23 heavy (non-hydrogen) atoms. The molecule has 4 nitrogen and oxygen atoms in total. The number of benzene rings is 1. The molecule has 0 radical (unpaired) electrons. The average molecular weight is 356 g/mol. The molecule has 0 spiro atoms. The number of piperazine rings is 1. The first-order valence-corrected chi connectivity index (χ1v) is 9.56. The Balaban J connectivity index is 1.49. The molecule has 0 saturated carbocycles. The number of likely N-dealkylation sites (N-methyl/N-ethyl adjacent to an activating group) is 1. The van der Waals surface area contributed by atoms with Gasteiger partial charge in [-0.2, -0.15) is 0 Å². The van der Waals surface area contributed by atoms with Crippen LogP contribution in [0.15, 0.2) is 29.2 Å². The monoisotopic (exact) mass is 355 g/mol. The third kappa shape index (κ3) is 7.57. The van der Waals surface area contributed by atoms with Crippen LogP contribution >= 0.6 is 23.4 Å². The van der Waals surface area contributed by atoms with Crippen molar-refractivity contribution in [2.75, 3.05) is 52.1 Å². The lowest BCUT2D eigenvalue weighted by Gasteiger charge is -2.32. The minimum atomic E-state index is 0.143. The Morgan fingerprint density at radius 3 is 2.61 bits per heavy atom. The lowest BCUT2D eigenvalue weighted by molar-refractivity contribution is -0.120. The largest absolute Gasteiger partial charge is 0.356 e. The molecule has 2 rings (SSSR count). The van der Waals surface area contributed by atoms with Gasteiger partial charge in [-0.15, -0.1) is 11.8 Å². The van der Waals surface area contributed by atoms with E-state index >= 15 is 0 Å². The Labute approximate surface area is 148 Å². The Morgan fingerprint density at radius 1 is 1.22 bits per heavy atom. The first kappa shape index (κ1) is 18.6. The van der Waals surface area contributed by atoms with Gasteiger partial charge in [0, 0.05) is 54.8 Å². The minimum Gasteiger partial charge on any atom is -0.356 e. The Kier molecular flexibility index (Phi) is 8.23. The molecule has 0 aromatic heterocycles. The lowest BCUT2D eigenvalue weighted by Crippen LogP contribution is -2.45. The molecule has 1 heterocycles. The topological polar surface area (TPSA) is 35.6 Å². The SMILES string of the molecule is CN1CCN(CCCNC(=O)CCSc2ccc(Cl)cc2)CC1. The van der Waals surface area contributed by atoms with E-state index in [4.69, 9.17) is 11.6 Å². The van der Waals surface area contributed by atoms with E-state index in [1.54, 1.807) is 11.8 Å². The van der Waals surface area contributed by atoms with Crippen LogP contribution in [0.25, 0.3) is 0 Å². The van der Waals surface area contributed by atoms with Crippen molar-refractivity contribution < 1.29 is 4.79 Å². The predicted molar refractivity (Wildman–Crippen MR) is 98.4 cm³/mol. The highest BCUT2D eigenvalue weighted by atomic mass is 35.5. The van der Waals surface area contributed by atoms with Gasteiger partial charge in [0.1, 0.15) is 0 Å². The van der Waals surface area contributed by atoms with Crippen molar-refractivity contribution in [3.05, 3.63) is 29.3 Å². The van der Waals surface area contributed by atoms with Gasteiger partial charge in [-0.05, 0) is 44.3 Å². The molecule has 1 N–H and O–H groups in total. The molecule has 1 fully saturated rings. The maximum Gasteiger partial charge on any atom is 0.220 e. The molecule has 0 bridgehead atoms. The number of hydrogen-bond donors (Lipinski definition) is 1. The smallest absolute Gasteiger partial charge is 0.220 e. The van der Waals surface area contributed by atoms with Crippen LogP contribution in [-0.4, -0.2) is 67.8 Å². The van der Waals surface area contributed by atoms with Crippen molar-refractivity contribution in [3.63, 3.8) is 0 Å². The van der Waals surface area contributed by atoms with E-state index in [0.29, 0.717) is 6.42 Å². The second-order valence-electron chi connectivity index (χ2n) is 5.90. The maximum absolute atomic E-state index is 11.8. The fraction of sp³-hybridized carbons (Fsp3) is 0.588. The number of rotatable bonds is 8. The van der Waals surface area contributed by atoms with E-state index in [1.807, 2.05) is 24.3 Å². The van der Waals surface area contributed by atoms with Crippen molar-refractivity contribution in [3.8, 4) is 0 Å². The van der Waals surface area contributed by atoms with Crippen LogP contribution in [0.4, 0.5) is 0 Å². The zero-order valence-corrected chi connectivity index (χ0v) is 15.3. The van der Waals surface area contributed by atoms with E-state index in [2.05, 4.69) is 22.2 Å². The van der Waals surface area contributed by atoms with Gasteiger partial charge in [-0.1, -0.05) is 11.6 Å². The average Bonchev–Trinajstić information content (AvgIpc) is 2.55. The third-order valence-corrected chi connectivity index (χ3v) is 5.25. The summed E-state index contributed by atoms with van der Waals surface area (Å²) in [5, 5.41) is 3.76. The highest BCUT2D eigenvalue weighted by molar-refractivity contribution is 7.99. The minimum absolute atomic E-state index is 0.143. The molecule has 1 amide bonds. The van der Waals surface area contributed by atoms with Crippen molar-refractivity contribution in [1.82, 2.24) is 15.1 Å². The number of nitrogens with zero attached hydrogens (tertiary/aromatic N) is 2. The molecule has 128 valence electrons. The molecular formula is C17H26ClN3OS. The van der Waals surface area contributed by atoms with Crippen LogP contribution in [0.5, 0.6) is 0 Å². The van der Waals surface area contributed by atoms with Gasteiger partial charge < -0.3 is 15.1 Å². The summed E-state index contributed by atoms with van der Waals surface area (Å²) in [5.41, 5.74) is 0. The Hall–Kier alpha value is -0.750. The molecule has 1 aromatic rings. The van der Waals surface area contributed by atoms with Gasteiger partial charge >= 0.3 is 0 Å². The second kappa shape index (κ2) is 10.2. The molecule has 0 aliphatic carbocycles. The first-order chi connectivity index (χ1) is 11.1. The number of thioether (sulfide) groups is 1. The van der Waals surface area contributed by atoms with Crippen LogP contribution in [-0.2, 0) is 4.79 Å². The predicted octanol–water partition coefficient (Wildman–Crippen LogP) is 2.58. The van der Waals surface area contributed by atoms with Crippen molar-refractivity contribution >= 4 is 29.3 Å². The van der Waals surface area contributed by atoms with Crippen LogP contribution in [0.1, 0.15) is 12.8 Å². The van der Waals surface area contributed by atoms with E-state index < -0.39 is 0 Å². The normalized spacial score (nSPS) is 16.4. The summed E-state index contributed by atoms with van der Waals surface area (Å²) in [5.74, 6) is 0.941. The zero-order chi connectivity index (χ0) is 16.5. The summed E-state index contributed by atoms with van der Waals surface area (Å²) in [6.45, 7) is 6.43. The molecular weight excluding hydrogens is 330 g/mol. The van der Waals surface area contributed by atoms with Crippen molar-refractivity contribution in [1.29, 1.82) is 0 Å². The molecule has 1 aliphatic heterocycles. The Bertz CT molecular complexity index is 475. The van der Waals surface area contributed by atoms with E-state index in [9.17, 15) is 4.79 Å². The number of amides is 1. The van der Waals surface area contributed by atoms with Gasteiger partial charge in [0.05, 0.1) is 0 Å². The fourth-order valence-electron chi connectivity index (χ4n) is 2.48. The van der Waals surface area contributed by atoms with E-state index in [-0.39, 0.29) is 5.91 Å². The number of carbonyl (C=O) groups excluding carboxylic acids is 1. The highest BCUT2D eigenvalue weighted by Crippen LogP contribution is 2.20. The van der Waals surface area contributed by atoms with E-state index in [0.717, 1.165) is 61.4 Å². The molecule has 6 heteroatoms. The van der Waals surface area contributed by atoms with Gasteiger partial charge in [0.15, 0.2) is 0 Å². The quantitative estimate of drug-likeness (QED) is 0.574. The number of nitrogens with one attached hydrogen (secondary N) is 1. The Morgan fingerprint density at radius 2 is 1.91 bits per heavy atom. The zero-order valence-electron chi connectivity index (χ0n) is 13.8. The molecule has 1 aromatic carbocycles. The number of hydrogen-bond acceptors (Lipinski definition) is 4. The summed E-state index contributed by atoms with van der Waals surface area (Å²) in [7, 11) is 2.17. The van der Waals surface area contributed by atoms with Gasteiger partial charge in [-0.3, -0.25) is 4.79 Å². The summed E-state index contributed by atoms with van der Waals surface area (Å²) in [4.78, 5) is 17.8. The number of halogens is 1. The molecule has 0 atom stereocenters. The summed E-state index contributed by atoms with van der Waals surface area (Å²) in [6.07, 6.45) is 1.58. The van der Waals surface area contributed by atoms with Crippen LogP contribution in [0, 0.1) is 0 Å². The van der Waals surface area contributed by atoms with Crippen molar-refractivity contribution in [2.45, 2.75) is 17.7 Å². The standard InChI is InChI=1S/C17H26ClN3OS/c1-20-10-12-21(13-11-20)9-2-8-19-17(22)7-14-23-16-5-3-15(18)4-6-16/h3-6H,2,7-14H2,1H3,(H,19,22). The number of carbonyl (C=O) groups is 1. The molecule has 0 unspecified atom stereocenters. The lowest BCUT2D eigenvalue weighted by atomic mass is 10.3. The van der Waals surface area contributed by atoms with Gasteiger partial charge in [-0.25, -0.2) is 0 Å². The molecule has 1 saturated heterocycles. The van der Waals surface area contributed by atoms with Gasteiger partial charge in [0.25, 0.3) is 0 Å². The second-order valence-corrected chi connectivity index (χ2v) is 7.51. The molecule has 1 aliphatic rings. The van der Waals surface area contributed by atoms with Crippen molar-refractivity contribution in [2.24, 2.45) is 0 Å². The summed E-state index contributed by atoms with van der Waals surface area (Å²) >= 11 is 7.54. The summed E-state index contributed by atoms with van der Waals surface area (Å²) in [6, 6.07) is 7.73.